The van der Waals surface area contributed by atoms with E-state index in [9.17, 15) is 4.79 Å². The van der Waals surface area contributed by atoms with Gasteiger partial charge in [-0.25, -0.2) is 0 Å². The second-order valence-corrected chi connectivity index (χ2v) is 2.33. The molecule has 0 aliphatic heterocycles. The third-order valence-corrected chi connectivity index (χ3v) is 1.57. The highest BCUT2D eigenvalue weighted by molar-refractivity contribution is 5.75. The second-order valence-electron chi connectivity index (χ2n) is 2.33. The molecule has 1 atom stereocenters. The fraction of sp³-hybridized carbons (Fsp3) is 0.556. The minimum atomic E-state index is -0.215. The number of ether oxygens (including phenoxy) is 1. The van der Waals surface area contributed by atoms with Gasteiger partial charge in [0.15, 0.2) is 0 Å². The summed E-state index contributed by atoms with van der Waals surface area (Å²) in [6, 6.07) is 0. The second kappa shape index (κ2) is 4.75. The molecule has 0 aliphatic rings. The Balaban J connectivity index is 4.13. The largest absolute Gasteiger partial charge is 0.466 e. The monoisotopic (exact) mass is 154 g/mol. The highest BCUT2D eigenvalue weighted by Crippen LogP contribution is 2.09. The molecule has 62 valence electrons. The molecule has 0 spiro atoms. The van der Waals surface area contributed by atoms with E-state index in [1.807, 2.05) is 6.92 Å². The summed E-state index contributed by atoms with van der Waals surface area (Å²) in [5.74, 6) is -0.423. The van der Waals surface area contributed by atoms with Crippen LogP contribution >= 0.6 is 0 Å². The van der Waals surface area contributed by atoms with Crippen molar-refractivity contribution in [3.8, 4) is 0 Å². The van der Waals surface area contributed by atoms with Crippen molar-refractivity contribution in [2.75, 3.05) is 6.61 Å². The predicted octanol–water partition coefficient (Wildman–Crippen LogP) is 1.92. The molecule has 0 N–H and O–H groups in total. The lowest BCUT2D eigenvalue weighted by atomic mass is 10.0. The van der Waals surface area contributed by atoms with Crippen molar-refractivity contribution in [2.45, 2.75) is 20.8 Å². The van der Waals surface area contributed by atoms with Gasteiger partial charge in [-0.05, 0) is 26.3 Å². The summed E-state index contributed by atoms with van der Waals surface area (Å²) in [5, 5.41) is 0. The Morgan fingerprint density at radius 2 is 2.27 bits per heavy atom. The van der Waals surface area contributed by atoms with E-state index >= 15 is 0 Å². The van der Waals surface area contributed by atoms with Gasteiger partial charge in [-0.2, -0.15) is 0 Å². The van der Waals surface area contributed by atoms with E-state index in [-0.39, 0.29) is 11.9 Å². The summed E-state index contributed by atoms with van der Waals surface area (Å²) in [6.07, 6.45) is 0. The number of rotatable bonds is 3. The number of carbonyl (C=O) groups is 1. The summed E-state index contributed by atoms with van der Waals surface area (Å²) < 4.78 is 4.80. The van der Waals surface area contributed by atoms with Crippen LogP contribution in [0.25, 0.3) is 0 Å². The van der Waals surface area contributed by atoms with Crippen molar-refractivity contribution in [3.63, 3.8) is 0 Å². The first-order chi connectivity index (χ1) is 5.13. The van der Waals surface area contributed by atoms with Crippen LogP contribution in [-0.2, 0) is 9.53 Å². The van der Waals surface area contributed by atoms with E-state index in [0.717, 1.165) is 5.57 Å². The van der Waals surface area contributed by atoms with Crippen LogP contribution in [0.5, 0.6) is 0 Å². The Bertz CT molecular complexity index is 188. The molecule has 11 heavy (non-hydrogen) atoms. The lowest BCUT2D eigenvalue weighted by Crippen LogP contribution is -2.15. The Morgan fingerprint density at radius 3 is 2.64 bits per heavy atom. The first kappa shape index (κ1) is 9.99. The number of esters is 1. The first-order valence-electron chi connectivity index (χ1n) is 3.66. The van der Waals surface area contributed by atoms with Crippen LogP contribution in [0.3, 0.4) is 0 Å². The third kappa shape index (κ3) is 3.06. The topological polar surface area (TPSA) is 26.3 Å². The maximum Gasteiger partial charge on any atom is 0.313 e. The maximum atomic E-state index is 11.0. The fourth-order valence-electron chi connectivity index (χ4n) is 0.597. The van der Waals surface area contributed by atoms with Gasteiger partial charge in [-0.1, -0.05) is 6.58 Å². The molecule has 0 heterocycles. The SMILES string of the molecule is C=C=C(C)C(C)C(=O)OCC. The molecule has 2 nitrogen and oxygen atoms in total. The van der Waals surface area contributed by atoms with E-state index in [4.69, 9.17) is 4.74 Å². The molecule has 0 saturated carbocycles. The van der Waals surface area contributed by atoms with Crippen LogP contribution in [0.2, 0.25) is 0 Å². The van der Waals surface area contributed by atoms with Gasteiger partial charge in [0.25, 0.3) is 0 Å². The minimum Gasteiger partial charge on any atom is -0.466 e. The molecule has 0 fully saturated rings. The lowest BCUT2D eigenvalue weighted by Gasteiger charge is -2.08. The molecular weight excluding hydrogens is 140 g/mol. The fourth-order valence-corrected chi connectivity index (χ4v) is 0.597. The molecule has 1 unspecified atom stereocenters. The van der Waals surface area contributed by atoms with Crippen LogP contribution in [0.1, 0.15) is 20.8 Å². The van der Waals surface area contributed by atoms with Gasteiger partial charge in [-0.15, -0.1) is 5.73 Å². The van der Waals surface area contributed by atoms with Gasteiger partial charge in [-0.3, -0.25) is 4.79 Å². The van der Waals surface area contributed by atoms with Gasteiger partial charge >= 0.3 is 5.97 Å². The van der Waals surface area contributed by atoms with Crippen molar-refractivity contribution in [3.05, 3.63) is 17.9 Å². The van der Waals surface area contributed by atoms with E-state index in [1.165, 1.54) is 0 Å². The van der Waals surface area contributed by atoms with E-state index in [1.54, 1.807) is 13.8 Å². The average Bonchev–Trinajstić information content (AvgIpc) is 2.02. The Labute approximate surface area is 67.6 Å². The van der Waals surface area contributed by atoms with Gasteiger partial charge in [0.2, 0.25) is 0 Å². The van der Waals surface area contributed by atoms with Crippen molar-refractivity contribution in [1.29, 1.82) is 0 Å². The zero-order chi connectivity index (χ0) is 8.85. The molecule has 0 aromatic heterocycles. The zero-order valence-electron chi connectivity index (χ0n) is 7.31. The van der Waals surface area contributed by atoms with Crippen LogP contribution in [-0.4, -0.2) is 12.6 Å². The smallest absolute Gasteiger partial charge is 0.313 e. The minimum absolute atomic E-state index is 0.207. The molecule has 0 radical (unpaired) electrons. The molecule has 0 aromatic rings. The summed E-state index contributed by atoms with van der Waals surface area (Å²) >= 11 is 0. The van der Waals surface area contributed by atoms with Crippen LogP contribution in [0, 0.1) is 5.92 Å². The van der Waals surface area contributed by atoms with Crippen LogP contribution < -0.4 is 0 Å². The Morgan fingerprint density at radius 1 is 1.73 bits per heavy atom. The molecule has 0 aromatic carbocycles. The van der Waals surface area contributed by atoms with Crippen LogP contribution in [0.4, 0.5) is 0 Å². The first-order valence-corrected chi connectivity index (χ1v) is 3.66. The van der Waals surface area contributed by atoms with Crippen molar-refractivity contribution < 1.29 is 9.53 Å². The van der Waals surface area contributed by atoms with Gasteiger partial charge in [0.05, 0.1) is 12.5 Å². The highest BCUT2D eigenvalue weighted by Gasteiger charge is 2.14. The molecular formula is C9H14O2. The molecule has 2 heteroatoms. The molecule has 0 bridgehead atoms. The molecule has 0 rings (SSSR count). The third-order valence-electron chi connectivity index (χ3n) is 1.57. The Kier molecular flexibility index (Phi) is 4.32. The summed E-state index contributed by atoms with van der Waals surface area (Å²) in [5.41, 5.74) is 3.49. The molecule has 0 saturated heterocycles. The Hall–Kier alpha value is -1.01. The number of hydrogen-bond acceptors (Lipinski definition) is 2. The van der Waals surface area contributed by atoms with Crippen LogP contribution in [0.15, 0.2) is 17.9 Å². The summed E-state index contributed by atoms with van der Waals surface area (Å²) in [4.78, 5) is 11.0. The van der Waals surface area contributed by atoms with Crippen molar-refractivity contribution >= 4 is 5.97 Å². The van der Waals surface area contributed by atoms with Crippen molar-refractivity contribution in [2.24, 2.45) is 5.92 Å². The average molecular weight is 154 g/mol. The van der Waals surface area contributed by atoms with E-state index in [2.05, 4.69) is 12.3 Å². The summed E-state index contributed by atoms with van der Waals surface area (Å²) in [6.45, 7) is 9.27. The lowest BCUT2D eigenvalue weighted by molar-refractivity contribution is -0.146. The zero-order valence-corrected chi connectivity index (χ0v) is 7.31. The summed E-state index contributed by atoms with van der Waals surface area (Å²) in [7, 11) is 0. The molecule has 0 aliphatic carbocycles. The molecule has 0 amide bonds. The number of hydrogen-bond donors (Lipinski definition) is 0. The highest BCUT2D eigenvalue weighted by atomic mass is 16.5. The maximum absolute atomic E-state index is 11.0. The predicted molar refractivity (Wildman–Crippen MR) is 44.1 cm³/mol. The van der Waals surface area contributed by atoms with Crippen molar-refractivity contribution in [1.82, 2.24) is 0 Å². The normalized spacial score (nSPS) is 11.5. The van der Waals surface area contributed by atoms with E-state index in [0.29, 0.717) is 6.61 Å². The van der Waals surface area contributed by atoms with E-state index < -0.39 is 0 Å². The van der Waals surface area contributed by atoms with Gasteiger partial charge < -0.3 is 4.74 Å². The van der Waals surface area contributed by atoms with Gasteiger partial charge in [0, 0.05) is 0 Å². The van der Waals surface area contributed by atoms with Gasteiger partial charge in [0.1, 0.15) is 0 Å². The number of carbonyl (C=O) groups excluding carboxylic acids is 1. The standard InChI is InChI=1S/C9H14O2/c1-5-7(3)8(4)9(10)11-6-2/h8H,1,6H2,2-4H3. The quantitative estimate of drug-likeness (QED) is 0.458.